The Hall–Kier alpha value is -4.54. The van der Waals surface area contributed by atoms with Crippen LogP contribution in [0.15, 0.2) is 121 Å². The van der Waals surface area contributed by atoms with Crippen molar-refractivity contribution in [3.8, 4) is 0 Å². The Kier molecular flexibility index (Phi) is 15.7. The zero-order chi connectivity index (χ0) is 36.6. The van der Waals surface area contributed by atoms with Gasteiger partial charge in [-0.25, -0.2) is 19.2 Å². The molecule has 0 radical (unpaired) electrons. The lowest BCUT2D eigenvalue weighted by Crippen LogP contribution is -2.51. The molecule has 0 N–H and O–H groups in total. The summed E-state index contributed by atoms with van der Waals surface area (Å²) in [6.45, 7) is 7.85. The number of thioether (sulfide) groups is 2. The molecule has 0 saturated carbocycles. The van der Waals surface area contributed by atoms with Crippen molar-refractivity contribution in [3.05, 3.63) is 144 Å². The van der Waals surface area contributed by atoms with Crippen LogP contribution < -0.4 is 0 Å². The minimum absolute atomic E-state index is 0.239. The molecule has 8 nitrogen and oxygen atoms in total. The molecule has 4 aromatic rings. The second-order valence-corrected chi connectivity index (χ2v) is 15.2. The number of carbonyl (C=O) groups is 4. The maximum absolute atomic E-state index is 13.9. The monoisotopic (exact) mass is 728 g/mol. The van der Waals surface area contributed by atoms with E-state index in [1.54, 1.807) is 145 Å². The fraction of sp³-hybridized carbons (Fsp3) is 0.317. The molecule has 4 rings (SSSR count). The minimum atomic E-state index is -1.40. The van der Waals surface area contributed by atoms with Crippen LogP contribution in [0.2, 0.25) is 0 Å². The van der Waals surface area contributed by atoms with Gasteiger partial charge in [-0.3, -0.25) is 0 Å². The van der Waals surface area contributed by atoms with Crippen molar-refractivity contribution in [2.24, 2.45) is 11.8 Å². The molecule has 0 aliphatic rings. The topological polar surface area (TPSA) is 105 Å². The summed E-state index contributed by atoms with van der Waals surface area (Å²) >= 11 is 3.14. The Labute approximate surface area is 308 Å². The Bertz CT molecular complexity index is 1660. The third-order valence-electron chi connectivity index (χ3n) is 7.31. The largest absolute Gasteiger partial charge is 0.458 e. The Balaban J connectivity index is 1.83. The summed E-state index contributed by atoms with van der Waals surface area (Å²) in [5, 5.41) is 0. The first-order chi connectivity index (χ1) is 24.6. The summed E-state index contributed by atoms with van der Waals surface area (Å²) < 4.78 is 24.0. The van der Waals surface area contributed by atoms with Crippen molar-refractivity contribution in [1.82, 2.24) is 0 Å². The minimum Gasteiger partial charge on any atom is -0.458 e. The molecule has 0 unspecified atom stereocenters. The van der Waals surface area contributed by atoms with Crippen LogP contribution >= 0.6 is 23.5 Å². The number of hydrogen-bond acceptors (Lipinski definition) is 10. The number of rotatable bonds is 18. The van der Waals surface area contributed by atoms with Gasteiger partial charge in [0.05, 0.1) is 26.8 Å². The predicted octanol–water partition coefficient (Wildman–Crippen LogP) is 8.62. The summed E-state index contributed by atoms with van der Waals surface area (Å²) in [5.74, 6) is -0.793. The molecule has 0 amide bonds. The third kappa shape index (κ3) is 12.6. The van der Waals surface area contributed by atoms with E-state index in [4.69, 9.17) is 18.9 Å². The molecule has 0 aliphatic heterocycles. The fourth-order valence-corrected chi connectivity index (χ4v) is 7.57. The summed E-state index contributed by atoms with van der Waals surface area (Å²) in [7, 11) is 0. The normalized spacial score (nSPS) is 12.9. The van der Waals surface area contributed by atoms with E-state index < -0.39 is 53.4 Å². The van der Waals surface area contributed by atoms with E-state index >= 15 is 0 Å². The predicted molar refractivity (Wildman–Crippen MR) is 202 cm³/mol. The van der Waals surface area contributed by atoms with Crippen molar-refractivity contribution < 1.29 is 38.1 Å². The Morgan fingerprint density at radius 3 is 1.18 bits per heavy atom. The molecule has 0 aromatic heterocycles. The van der Waals surface area contributed by atoms with Gasteiger partial charge in [0, 0.05) is 0 Å². The van der Waals surface area contributed by atoms with Gasteiger partial charge in [0.25, 0.3) is 0 Å². The van der Waals surface area contributed by atoms with Gasteiger partial charge in [0.1, 0.15) is 6.61 Å². The lowest BCUT2D eigenvalue weighted by molar-refractivity contribution is -0.0974. The Morgan fingerprint density at radius 1 is 0.471 bits per heavy atom. The van der Waals surface area contributed by atoms with Gasteiger partial charge < -0.3 is 18.9 Å². The summed E-state index contributed by atoms with van der Waals surface area (Å²) in [4.78, 5) is 54.6. The van der Waals surface area contributed by atoms with Crippen LogP contribution in [0.1, 0.15) is 69.1 Å². The molecule has 0 saturated heterocycles. The molecule has 0 spiro atoms. The highest BCUT2D eigenvalue weighted by Gasteiger charge is 2.44. The van der Waals surface area contributed by atoms with Crippen LogP contribution in [-0.2, 0) is 18.9 Å². The zero-order valence-corrected chi connectivity index (χ0v) is 30.8. The highest BCUT2D eigenvalue weighted by molar-refractivity contribution is 8.17. The highest BCUT2D eigenvalue weighted by atomic mass is 32.2. The van der Waals surface area contributed by atoms with Crippen LogP contribution in [0.25, 0.3) is 0 Å². The van der Waals surface area contributed by atoms with E-state index in [-0.39, 0.29) is 28.5 Å². The maximum atomic E-state index is 13.9. The lowest BCUT2D eigenvalue weighted by atomic mass is 10.1. The van der Waals surface area contributed by atoms with Crippen LogP contribution in [0.5, 0.6) is 0 Å². The standard InChI is InChI=1S/C41H44O8S2/c1-28(2)26-50-41(51-27-29(3)4)36(49-40(45)33-23-15-8-16-24-33)35(48-39(44)32-21-13-7-14-22-32)34(47-38(43)31-19-11-6-12-20-31)25-46-37(42)30-17-9-5-10-18-30/h5-24,28-29,34-36,41H,25-27H2,1-4H3/t34-,35-,36-/m1/s1. The molecule has 268 valence electrons. The number of esters is 4. The van der Waals surface area contributed by atoms with Crippen molar-refractivity contribution >= 4 is 47.4 Å². The van der Waals surface area contributed by atoms with E-state index in [1.807, 2.05) is 0 Å². The first kappa shape index (κ1) is 39.2. The average Bonchev–Trinajstić information content (AvgIpc) is 3.15. The second kappa shape index (κ2) is 20.3. The van der Waals surface area contributed by atoms with Crippen LogP contribution in [0, 0.1) is 11.8 Å². The lowest BCUT2D eigenvalue weighted by Gasteiger charge is -2.36. The van der Waals surface area contributed by atoms with Crippen LogP contribution in [-0.4, -0.2) is 64.9 Å². The quantitative estimate of drug-likeness (QED) is 0.0562. The van der Waals surface area contributed by atoms with E-state index in [0.717, 1.165) is 0 Å². The molecule has 0 bridgehead atoms. The van der Waals surface area contributed by atoms with Crippen molar-refractivity contribution in [3.63, 3.8) is 0 Å². The fourth-order valence-electron chi connectivity index (χ4n) is 4.77. The number of carbonyl (C=O) groups excluding carboxylic acids is 4. The van der Waals surface area contributed by atoms with Gasteiger partial charge in [0.15, 0.2) is 18.3 Å². The van der Waals surface area contributed by atoms with Crippen LogP contribution in [0.3, 0.4) is 0 Å². The number of hydrogen-bond donors (Lipinski definition) is 0. The molecule has 0 aliphatic carbocycles. The van der Waals surface area contributed by atoms with E-state index in [1.165, 1.54) is 0 Å². The van der Waals surface area contributed by atoms with E-state index in [9.17, 15) is 19.2 Å². The van der Waals surface area contributed by atoms with Crippen LogP contribution in [0.4, 0.5) is 0 Å². The highest BCUT2D eigenvalue weighted by Crippen LogP contribution is 2.36. The Morgan fingerprint density at radius 2 is 0.804 bits per heavy atom. The van der Waals surface area contributed by atoms with Gasteiger partial charge in [0.2, 0.25) is 0 Å². The molecule has 0 heterocycles. The molecule has 3 atom stereocenters. The second-order valence-electron chi connectivity index (χ2n) is 12.6. The number of ether oxygens (including phenoxy) is 4. The van der Waals surface area contributed by atoms with E-state index in [2.05, 4.69) is 27.7 Å². The molecular weight excluding hydrogens is 685 g/mol. The smallest absolute Gasteiger partial charge is 0.338 e. The average molecular weight is 729 g/mol. The first-order valence-electron chi connectivity index (χ1n) is 16.9. The summed E-state index contributed by atoms with van der Waals surface area (Å²) in [6.07, 6.45) is -3.93. The molecule has 10 heteroatoms. The van der Waals surface area contributed by atoms with Gasteiger partial charge in [-0.15, -0.1) is 23.5 Å². The zero-order valence-electron chi connectivity index (χ0n) is 29.2. The molecule has 0 fully saturated rings. The summed E-state index contributed by atoms with van der Waals surface area (Å²) in [6, 6.07) is 33.6. The van der Waals surface area contributed by atoms with Crippen molar-refractivity contribution in [1.29, 1.82) is 0 Å². The van der Waals surface area contributed by atoms with E-state index in [0.29, 0.717) is 17.1 Å². The maximum Gasteiger partial charge on any atom is 0.338 e. The first-order valence-corrected chi connectivity index (χ1v) is 19.0. The van der Waals surface area contributed by atoms with Gasteiger partial charge in [-0.1, -0.05) is 100 Å². The SMILES string of the molecule is CC(C)CSC(SCC(C)C)[C@H](OC(=O)c1ccccc1)[C@H](OC(=O)c1ccccc1)[C@@H](COC(=O)c1ccccc1)OC(=O)c1ccccc1. The van der Waals surface area contributed by atoms with Crippen molar-refractivity contribution in [2.45, 2.75) is 50.6 Å². The number of benzene rings is 4. The molecule has 4 aromatic carbocycles. The molecule has 51 heavy (non-hydrogen) atoms. The van der Waals surface area contributed by atoms with Gasteiger partial charge in [-0.2, -0.15) is 0 Å². The summed E-state index contributed by atoms with van der Waals surface area (Å²) in [5.41, 5.74) is 1.06. The van der Waals surface area contributed by atoms with Gasteiger partial charge >= 0.3 is 23.9 Å². The molecular formula is C41H44O8S2. The third-order valence-corrected chi connectivity index (χ3v) is 11.0. The van der Waals surface area contributed by atoms with Crippen molar-refractivity contribution in [2.75, 3.05) is 18.1 Å². The van der Waals surface area contributed by atoms with Gasteiger partial charge in [-0.05, 0) is 71.9 Å².